The van der Waals surface area contributed by atoms with E-state index in [1.807, 2.05) is 13.8 Å². The summed E-state index contributed by atoms with van der Waals surface area (Å²) in [5.74, 6) is 1.39. The first-order valence-corrected chi connectivity index (χ1v) is 8.60. The molecule has 0 heterocycles. The molecule has 2 N–H and O–H groups in total. The fourth-order valence-electron chi connectivity index (χ4n) is 1.45. The molecule has 9 heteroatoms. The molecule has 0 aromatic heterocycles. The topological polar surface area (TPSA) is 50.4 Å². The summed E-state index contributed by atoms with van der Waals surface area (Å²) < 4.78 is 39.8. The first kappa shape index (κ1) is 18.8. The van der Waals surface area contributed by atoms with Gasteiger partial charge in [-0.25, -0.2) is 4.79 Å². The number of rotatable bonds is 7. The molecule has 0 fully saturated rings. The van der Waals surface area contributed by atoms with Crippen LogP contribution in [0.15, 0.2) is 24.3 Å². The summed E-state index contributed by atoms with van der Waals surface area (Å²) in [5.41, 5.74) is 0.383. The first-order chi connectivity index (χ1) is 10.3. The lowest BCUT2D eigenvalue weighted by Gasteiger charge is -2.17. The summed E-state index contributed by atoms with van der Waals surface area (Å²) in [6.07, 6.45) is -4.73. The van der Waals surface area contributed by atoms with E-state index in [1.54, 1.807) is 23.5 Å². The van der Waals surface area contributed by atoms with Crippen LogP contribution in [0.3, 0.4) is 0 Å². The van der Waals surface area contributed by atoms with E-state index in [1.165, 1.54) is 12.1 Å². The molecule has 1 rings (SSSR count). The van der Waals surface area contributed by atoms with Gasteiger partial charge in [-0.1, -0.05) is 13.8 Å². The molecule has 2 amide bonds. The quantitative estimate of drug-likeness (QED) is 0.708. The highest BCUT2D eigenvalue weighted by Crippen LogP contribution is 2.24. The zero-order valence-electron chi connectivity index (χ0n) is 12.1. The van der Waals surface area contributed by atoms with E-state index in [9.17, 15) is 18.0 Å². The van der Waals surface area contributed by atoms with Gasteiger partial charge >= 0.3 is 12.4 Å². The van der Waals surface area contributed by atoms with Crippen molar-refractivity contribution in [3.63, 3.8) is 0 Å². The van der Waals surface area contributed by atoms with Gasteiger partial charge in [-0.05, 0) is 35.8 Å². The van der Waals surface area contributed by atoms with Gasteiger partial charge in [0.05, 0.1) is 0 Å². The minimum Gasteiger partial charge on any atom is -0.406 e. The normalized spacial score (nSPS) is 11.4. The number of hydrogen-bond donors (Lipinski definition) is 2. The molecule has 0 aliphatic rings. The summed E-state index contributed by atoms with van der Waals surface area (Å²) >= 11 is 3.19. The standard InChI is InChI=1S/C13H17F3N2O2S2/c1-3-21-12(22-4-2)18-11(19)17-9-5-7-10(8-6-9)20-13(14,15)16/h5-8,12H,3-4H2,1-2H3,(H2,17,18,19). The fourth-order valence-corrected chi connectivity index (χ4v) is 3.64. The van der Waals surface area contributed by atoms with Crippen molar-refractivity contribution in [1.29, 1.82) is 0 Å². The third kappa shape index (κ3) is 7.69. The van der Waals surface area contributed by atoms with Crippen molar-refractivity contribution in [2.75, 3.05) is 16.8 Å². The van der Waals surface area contributed by atoms with Gasteiger partial charge in [0, 0.05) is 5.69 Å². The van der Waals surface area contributed by atoms with Crippen LogP contribution in [0.1, 0.15) is 13.8 Å². The van der Waals surface area contributed by atoms with Crippen molar-refractivity contribution in [2.24, 2.45) is 0 Å². The number of benzene rings is 1. The number of halogens is 3. The van der Waals surface area contributed by atoms with Crippen LogP contribution in [0.4, 0.5) is 23.7 Å². The van der Waals surface area contributed by atoms with Gasteiger partial charge in [-0.3, -0.25) is 0 Å². The minimum atomic E-state index is -4.73. The molecule has 1 aromatic rings. The Kier molecular flexibility index (Phi) is 7.74. The van der Waals surface area contributed by atoms with E-state index in [-0.39, 0.29) is 10.5 Å². The van der Waals surface area contributed by atoms with Crippen LogP contribution in [0.5, 0.6) is 5.75 Å². The van der Waals surface area contributed by atoms with Crippen molar-refractivity contribution in [3.8, 4) is 5.75 Å². The van der Waals surface area contributed by atoms with Gasteiger partial charge < -0.3 is 15.4 Å². The molecule has 0 aliphatic heterocycles. The number of ether oxygens (including phenoxy) is 1. The van der Waals surface area contributed by atoms with Gasteiger partial charge in [-0.2, -0.15) is 0 Å². The molecule has 0 unspecified atom stereocenters. The van der Waals surface area contributed by atoms with E-state index in [4.69, 9.17) is 0 Å². The third-order valence-electron chi connectivity index (χ3n) is 2.23. The summed E-state index contributed by atoms with van der Waals surface area (Å²) in [5, 5.41) is 5.35. The second-order valence-corrected chi connectivity index (χ2v) is 6.98. The van der Waals surface area contributed by atoms with Gasteiger partial charge in [-0.15, -0.1) is 36.7 Å². The van der Waals surface area contributed by atoms with Crippen molar-refractivity contribution in [3.05, 3.63) is 24.3 Å². The average molecular weight is 354 g/mol. The summed E-state index contributed by atoms with van der Waals surface area (Å²) in [4.78, 5) is 11.8. The Morgan fingerprint density at radius 1 is 1.18 bits per heavy atom. The predicted molar refractivity (Wildman–Crippen MR) is 85.3 cm³/mol. The lowest BCUT2D eigenvalue weighted by Crippen LogP contribution is -2.34. The van der Waals surface area contributed by atoms with Crippen molar-refractivity contribution < 1.29 is 22.7 Å². The van der Waals surface area contributed by atoms with E-state index in [2.05, 4.69) is 15.4 Å². The second kappa shape index (κ2) is 9.04. The molecule has 124 valence electrons. The fraction of sp³-hybridized carbons (Fsp3) is 0.462. The van der Waals surface area contributed by atoms with E-state index < -0.39 is 12.4 Å². The molecule has 0 saturated heterocycles. The molecule has 22 heavy (non-hydrogen) atoms. The Labute approximate surface area is 135 Å². The van der Waals surface area contributed by atoms with E-state index >= 15 is 0 Å². The third-order valence-corrected chi connectivity index (χ3v) is 4.56. The molecule has 4 nitrogen and oxygen atoms in total. The molecule has 0 atom stereocenters. The molecular formula is C13H17F3N2O2S2. The lowest BCUT2D eigenvalue weighted by molar-refractivity contribution is -0.274. The molecule has 0 spiro atoms. The highest BCUT2D eigenvalue weighted by atomic mass is 32.2. The maximum absolute atomic E-state index is 12.0. The number of thioether (sulfide) groups is 2. The van der Waals surface area contributed by atoms with Gasteiger partial charge in [0.25, 0.3) is 0 Å². The maximum Gasteiger partial charge on any atom is 0.573 e. The number of alkyl halides is 3. The molecule has 0 bridgehead atoms. The highest BCUT2D eigenvalue weighted by Gasteiger charge is 2.30. The number of carbonyl (C=O) groups excluding carboxylic acids is 1. The van der Waals surface area contributed by atoms with Crippen molar-refractivity contribution in [2.45, 2.75) is 24.9 Å². The van der Waals surface area contributed by atoms with Gasteiger partial charge in [0.15, 0.2) is 0 Å². The van der Waals surface area contributed by atoms with Crippen LogP contribution in [-0.4, -0.2) is 28.6 Å². The van der Waals surface area contributed by atoms with Crippen LogP contribution >= 0.6 is 23.5 Å². The summed E-state index contributed by atoms with van der Waals surface area (Å²) in [6.45, 7) is 3.99. The van der Waals surface area contributed by atoms with Crippen molar-refractivity contribution in [1.82, 2.24) is 5.32 Å². The highest BCUT2D eigenvalue weighted by molar-refractivity contribution is 8.16. The van der Waals surface area contributed by atoms with Gasteiger partial charge in [0.1, 0.15) is 10.5 Å². The number of amides is 2. The zero-order chi connectivity index (χ0) is 16.6. The number of urea groups is 1. The smallest absolute Gasteiger partial charge is 0.406 e. The molecular weight excluding hydrogens is 337 g/mol. The summed E-state index contributed by atoms with van der Waals surface area (Å²) in [7, 11) is 0. The number of hydrogen-bond acceptors (Lipinski definition) is 4. The Balaban J connectivity index is 2.53. The average Bonchev–Trinajstić information content (AvgIpc) is 2.40. The SMILES string of the molecule is CCSC(NC(=O)Nc1ccc(OC(F)(F)F)cc1)SCC. The van der Waals surface area contributed by atoms with Gasteiger partial charge in [0.2, 0.25) is 0 Å². The Morgan fingerprint density at radius 3 is 2.18 bits per heavy atom. The Hall–Kier alpha value is -1.22. The predicted octanol–water partition coefficient (Wildman–Crippen LogP) is 4.50. The van der Waals surface area contributed by atoms with Crippen LogP contribution in [0, 0.1) is 0 Å². The number of carbonyl (C=O) groups is 1. The first-order valence-electron chi connectivity index (χ1n) is 6.50. The minimum absolute atomic E-state index is 0.0668. The number of nitrogens with one attached hydrogen (secondary N) is 2. The molecule has 1 aromatic carbocycles. The van der Waals surface area contributed by atoms with Crippen LogP contribution in [0.25, 0.3) is 0 Å². The second-order valence-electron chi connectivity index (χ2n) is 3.91. The molecule has 0 saturated carbocycles. The van der Waals surface area contributed by atoms with Crippen molar-refractivity contribution >= 4 is 35.2 Å². The zero-order valence-corrected chi connectivity index (χ0v) is 13.7. The van der Waals surface area contributed by atoms with E-state index in [0.29, 0.717) is 5.69 Å². The van der Waals surface area contributed by atoms with Crippen LogP contribution in [-0.2, 0) is 0 Å². The maximum atomic E-state index is 12.0. The lowest BCUT2D eigenvalue weighted by atomic mass is 10.3. The van der Waals surface area contributed by atoms with Crippen LogP contribution in [0.2, 0.25) is 0 Å². The largest absolute Gasteiger partial charge is 0.573 e. The Morgan fingerprint density at radius 2 is 1.73 bits per heavy atom. The Bertz CT molecular complexity index is 463. The molecule has 0 radical (unpaired) electrons. The monoisotopic (exact) mass is 354 g/mol. The number of anilines is 1. The molecule has 0 aliphatic carbocycles. The van der Waals surface area contributed by atoms with E-state index in [0.717, 1.165) is 23.6 Å². The summed E-state index contributed by atoms with van der Waals surface area (Å²) in [6, 6.07) is 4.56. The van der Waals surface area contributed by atoms with Crippen LogP contribution < -0.4 is 15.4 Å².